The van der Waals surface area contributed by atoms with Crippen molar-refractivity contribution >= 4 is 5.96 Å². The minimum Gasteiger partial charge on any atom is -0.496 e. The van der Waals surface area contributed by atoms with E-state index in [1.165, 1.54) is 5.56 Å². The molecule has 2 fully saturated rings. The molecular weight excluding hydrogens is 318 g/mol. The first-order valence-electron chi connectivity index (χ1n) is 9.03. The summed E-state index contributed by atoms with van der Waals surface area (Å²) in [5.74, 6) is 1.82. The van der Waals surface area contributed by atoms with Gasteiger partial charge in [0.25, 0.3) is 0 Å². The minimum absolute atomic E-state index is 0.134. The molecule has 0 radical (unpaired) electrons. The van der Waals surface area contributed by atoms with Crippen LogP contribution < -0.4 is 10.1 Å². The summed E-state index contributed by atoms with van der Waals surface area (Å²) in [5.41, 5.74) is 2.32. The van der Waals surface area contributed by atoms with Gasteiger partial charge in [0.2, 0.25) is 0 Å². The molecule has 0 amide bonds. The fourth-order valence-corrected chi connectivity index (χ4v) is 3.48. The van der Waals surface area contributed by atoms with Crippen molar-refractivity contribution in [3.8, 4) is 5.75 Å². The van der Waals surface area contributed by atoms with Crippen LogP contribution in [0.15, 0.2) is 23.2 Å². The fraction of sp³-hybridized carbons (Fsp3) is 0.632. The van der Waals surface area contributed by atoms with Crippen LogP contribution in [0, 0.1) is 6.92 Å². The molecule has 3 rings (SSSR count). The molecule has 0 aliphatic carbocycles. The Morgan fingerprint density at radius 2 is 2.16 bits per heavy atom. The normalized spacial score (nSPS) is 24.4. The van der Waals surface area contributed by atoms with Gasteiger partial charge in [-0.3, -0.25) is 4.99 Å². The third kappa shape index (κ3) is 4.44. The number of aryl methyl sites for hydroxylation is 1. The number of rotatable bonds is 4. The first-order valence-corrected chi connectivity index (χ1v) is 9.03. The Morgan fingerprint density at radius 1 is 1.32 bits per heavy atom. The molecule has 0 bridgehead atoms. The van der Waals surface area contributed by atoms with Gasteiger partial charge in [-0.2, -0.15) is 0 Å². The highest BCUT2D eigenvalue weighted by Crippen LogP contribution is 2.21. The van der Waals surface area contributed by atoms with E-state index in [4.69, 9.17) is 14.2 Å². The zero-order valence-corrected chi connectivity index (χ0v) is 15.5. The molecule has 2 heterocycles. The number of benzene rings is 1. The number of nitrogens with one attached hydrogen (secondary N) is 1. The van der Waals surface area contributed by atoms with Gasteiger partial charge >= 0.3 is 0 Å². The van der Waals surface area contributed by atoms with Gasteiger partial charge in [-0.1, -0.05) is 12.1 Å². The monoisotopic (exact) mass is 347 g/mol. The summed E-state index contributed by atoms with van der Waals surface area (Å²) in [7, 11) is 3.53. The van der Waals surface area contributed by atoms with Crippen LogP contribution in [-0.4, -0.2) is 63.5 Å². The predicted octanol–water partition coefficient (Wildman–Crippen LogP) is 1.96. The minimum atomic E-state index is 0.134. The van der Waals surface area contributed by atoms with Crippen molar-refractivity contribution < 1.29 is 14.2 Å². The Bertz CT molecular complexity index is 600. The van der Waals surface area contributed by atoms with Crippen LogP contribution in [0.2, 0.25) is 0 Å². The van der Waals surface area contributed by atoms with E-state index in [0.717, 1.165) is 49.8 Å². The Morgan fingerprint density at radius 3 is 2.88 bits per heavy atom. The maximum atomic E-state index is 5.93. The van der Waals surface area contributed by atoms with Crippen LogP contribution in [0.5, 0.6) is 5.75 Å². The molecule has 0 saturated carbocycles. The Balaban J connectivity index is 1.58. The third-order valence-electron chi connectivity index (χ3n) is 4.91. The number of ether oxygens (including phenoxy) is 3. The highest BCUT2D eigenvalue weighted by Gasteiger charge is 2.32. The number of methoxy groups -OCH3 is 1. The lowest BCUT2D eigenvalue weighted by atomic mass is 10.1. The van der Waals surface area contributed by atoms with E-state index < -0.39 is 0 Å². The summed E-state index contributed by atoms with van der Waals surface area (Å²) in [6, 6.07) is 6.28. The van der Waals surface area contributed by atoms with E-state index in [9.17, 15) is 0 Å². The second-order valence-electron chi connectivity index (χ2n) is 6.61. The third-order valence-corrected chi connectivity index (χ3v) is 4.91. The van der Waals surface area contributed by atoms with Crippen LogP contribution in [0.4, 0.5) is 0 Å². The van der Waals surface area contributed by atoms with Crippen LogP contribution in [0.3, 0.4) is 0 Å². The molecule has 1 aromatic carbocycles. The summed E-state index contributed by atoms with van der Waals surface area (Å²) in [4.78, 5) is 6.72. The van der Waals surface area contributed by atoms with Crippen molar-refractivity contribution in [2.24, 2.45) is 4.99 Å². The lowest BCUT2D eigenvalue weighted by Gasteiger charge is -2.37. The first kappa shape index (κ1) is 18.0. The van der Waals surface area contributed by atoms with Gasteiger partial charge in [-0.05, 0) is 37.0 Å². The molecule has 1 aromatic rings. The molecule has 6 nitrogen and oxygen atoms in total. The average Bonchev–Trinajstić information content (AvgIpc) is 3.18. The highest BCUT2D eigenvalue weighted by molar-refractivity contribution is 5.80. The number of morpholine rings is 1. The number of nitrogens with zero attached hydrogens (tertiary/aromatic N) is 2. The molecule has 2 saturated heterocycles. The van der Waals surface area contributed by atoms with Crippen molar-refractivity contribution in [2.75, 3.05) is 40.5 Å². The number of aliphatic imine (C=N–C) groups is 1. The van der Waals surface area contributed by atoms with Crippen molar-refractivity contribution in [1.29, 1.82) is 0 Å². The molecule has 138 valence electrons. The van der Waals surface area contributed by atoms with Gasteiger partial charge in [0.1, 0.15) is 11.9 Å². The average molecular weight is 347 g/mol. The van der Waals surface area contributed by atoms with Crippen molar-refractivity contribution in [2.45, 2.75) is 38.5 Å². The van der Waals surface area contributed by atoms with Gasteiger partial charge in [0.05, 0.1) is 19.8 Å². The second kappa shape index (κ2) is 8.54. The van der Waals surface area contributed by atoms with Gasteiger partial charge in [-0.15, -0.1) is 0 Å². The summed E-state index contributed by atoms with van der Waals surface area (Å²) in [6.45, 7) is 6.00. The van der Waals surface area contributed by atoms with Gasteiger partial charge in [-0.25, -0.2) is 0 Å². The molecule has 2 atom stereocenters. The zero-order valence-electron chi connectivity index (χ0n) is 15.5. The van der Waals surface area contributed by atoms with Crippen LogP contribution in [0.25, 0.3) is 0 Å². The van der Waals surface area contributed by atoms with E-state index in [1.54, 1.807) is 7.11 Å². The van der Waals surface area contributed by atoms with E-state index in [0.29, 0.717) is 13.2 Å². The summed E-state index contributed by atoms with van der Waals surface area (Å²) >= 11 is 0. The van der Waals surface area contributed by atoms with Crippen LogP contribution >= 0.6 is 0 Å². The van der Waals surface area contributed by atoms with Crippen LogP contribution in [-0.2, 0) is 16.0 Å². The van der Waals surface area contributed by atoms with E-state index in [-0.39, 0.29) is 12.2 Å². The van der Waals surface area contributed by atoms with Crippen molar-refractivity contribution in [3.05, 3.63) is 29.3 Å². The zero-order chi connectivity index (χ0) is 17.6. The maximum Gasteiger partial charge on any atom is 0.194 e. The van der Waals surface area contributed by atoms with E-state index in [1.807, 2.05) is 14.0 Å². The SMILES string of the molecule is CN=C(NCc1ccc(C)c(OC)c1)N1CCOC(C2CCCO2)C1. The second-order valence-corrected chi connectivity index (χ2v) is 6.61. The molecule has 1 N–H and O–H groups in total. The molecule has 0 aromatic heterocycles. The van der Waals surface area contributed by atoms with E-state index >= 15 is 0 Å². The van der Waals surface area contributed by atoms with Crippen molar-refractivity contribution in [1.82, 2.24) is 10.2 Å². The highest BCUT2D eigenvalue weighted by atomic mass is 16.5. The van der Waals surface area contributed by atoms with Crippen molar-refractivity contribution in [3.63, 3.8) is 0 Å². The molecule has 2 aliphatic heterocycles. The molecule has 6 heteroatoms. The Hall–Kier alpha value is -1.79. The lowest BCUT2D eigenvalue weighted by molar-refractivity contribution is -0.0817. The molecular formula is C19H29N3O3. The number of hydrogen-bond acceptors (Lipinski definition) is 4. The molecule has 25 heavy (non-hydrogen) atoms. The Labute approximate surface area is 150 Å². The topological polar surface area (TPSA) is 55.3 Å². The van der Waals surface area contributed by atoms with Crippen LogP contribution in [0.1, 0.15) is 24.0 Å². The largest absolute Gasteiger partial charge is 0.496 e. The summed E-state index contributed by atoms with van der Waals surface area (Å²) in [6.07, 6.45) is 2.58. The number of guanidine groups is 1. The molecule has 2 aliphatic rings. The van der Waals surface area contributed by atoms with Gasteiger partial charge < -0.3 is 24.4 Å². The summed E-state index contributed by atoms with van der Waals surface area (Å²) < 4.78 is 17.1. The Kier molecular flexibility index (Phi) is 6.15. The standard InChI is InChI=1S/C19H29N3O3/c1-14-6-7-15(11-17(14)23-3)12-21-19(20-2)22-8-10-25-18(13-22)16-5-4-9-24-16/h6-7,11,16,18H,4-5,8-10,12-13H2,1-3H3,(H,20,21). The van der Waals surface area contributed by atoms with Gasteiger partial charge in [0.15, 0.2) is 5.96 Å². The first-order chi connectivity index (χ1) is 12.2. The summed E-state index contributed by atoms with van der Waals surface area (Å²) in [5, 5.41) is 3.46. The van der Waals surface area contributed by atoms with Gasteiger partial charge in [0, 0.05) is 33.3 Å². The quantitative estimate of drug-likeness (QED) is 0.667. The predicted molar refractivity (Wildman–Crippen MR) is 98.2 cm³/mol. The lowest BCUT2D eigenvalue weighted by Crippen LogP contribution is -2.53. The fourth-order valence-electron chi connectivity index (χ4n) is 3.48. The maximum absolute atomic E-state index is 5.93. The smallest absolute Gasteiger partial charge is 0.194 e. The van der Waals surface area contributed by atoms with E-state index in [2.05, 4.69) is 33.4 Å². The molecule has 2 unspecified atom stereocenters. The number of hydrogen-bond donors (Lipinski definition) is 1. The molecule has 0 spiro atoms.